The van der Waals surface area contributed by atoms with Gasteiger partial charge in [-0.1, -0.05) is 12.1 Å². The van der Waals surface area contributed by atoms with Gasteiger partial charge in [-0.05, 0) is 29.3 Å². The quantitative estimate of drug-likeness (QED) is 0.471. The lowest BCUT2D eigenvalue weighted by Gasteiger charge is -2.25. The van der Waals surface area contributed by atoms with E-state index in [9.17, 15) is 18.4 Å². The van der Waals surface area contributed by atoms with E-state index < -0.39 is 17.7 Å². The molecular formula is C18H15F3N4. The van der Waals surface area contributed by atoms with Crippen molar-refractivity contribution in [3.8, 4) is 6.07 Å². The van der Waals surface area contributed by atoms with Crippen LogP contribution in [0.5, 0.6) is 0 Å². The summed E-state index contributed by atoms with van der Waals surface area (Å²) >= 11 is 0. The van der Waals surface area contributed by atoms with Crippen LogP contribution in [0.15, 0.2) is 52.3 Å². The maximum atomic E-state index is 13.4. The fraction of sp³-hybridized carbons (Fsp3) is 0.278. The summed E-state index contributed by atoms with van der Waals surface area (Å²) in [6.07, 6.45) is 3.19. The minimum absolute atomic E-state index is 0.0599. The van der Waals surface area contributed by atoms with E-state index in [1.54, 1.807) is 29.3 Å². The molecule has 1 heterocycles. The standard InChI is InChI=1S/C18H15F3N4/c1-23-24-17(8-14-9-18(14,20)21)25-6-5-16(13(10-22)11-25)12-3-2-4-15(19)7-12/h2-7,14H,1,8-9,11H2/b24-17-. The molecule has 0 saturated heterocycles. The molecule has 0 amide bonds. The molecule has 0 radical (unpaired) electrons. The van der Waals surface area contributed by atoms with Crippen molar-refractivity contribution in [3.63, 3.8) is 0 Å². The molecule has 1 fully saturated rings. The minimum Gasteiger partial charge on any atom is -0.330 e. The van der Waals surface area contributed by atoms with E-state index in [0.717, 1.165) is 0 Å². The summed E-state index contributed by atoms with van der Waals surface area (Å²) in [6, 6.07) is 8.04. The van der Waals surface area contributed by atoms with E-state index in [4.69, 9.17) is 0 Å². The largest absolute Gasteiger partial charge is 0.330 e. The summed E-state index contributed by atoms with van der Waals surface area (Å²) < 4.78 is 39.8. The van der Waals surface area contributed by atoms with Crippen LogP contribution in [0.1, 0.15) is 18.4 Å². The van der Waals surface area contributed by atoms with Crippen molar-refractivity contribution in [2.45, 2.75) is 18.8 Å². The molecule has 1 aromatic rings. The Hall–Kier alpha value is -2.88. The van der Waals surface area contributed by atoms with E-state index in [1.165, 1.54) is 12.1 Å². The number of alkyl halides is 2. The lowest BCUT2D eigenvalue weighted by molar-refractivity contribution is 0.0998. The first kappa shape index (κ1) is 17.0. The van der Waals surface area contributed by atoms with Gasteiger partial charge in [-0.15, -0.1) is 5.10 Å². The zero-order valence-corrected chi connectivity index (χ0v) is 13.3. The molecule has 2 aliphatic rings. The second-order valence-electron chi connectivity index (χ2n) is 5.98. The van der Waals surface area contributed by atoms with Crippen molar-refractivity contribution < 1.29 is 13.2 Å². The topological polar surface area (TPSA) is 51.8 Å². The molecular weight excluding hydrogens is 329 g/mol. The second-order valence-corrected chi connectivity index (χ2v) is 5.98. The highest BCUT2D eigenvalue weighted by Gasteiger charge is 2.57. The van der Waals surface area contributed by atoms with Gasteiger partial charge in [0.2, 0.25) is 0 Å². The highest BCUT2D eigenvalue weighted by atomic mass is 19.3. The lowest BCUT2D eigenvalue weighted by atomic mass is 9.97. The van der Waals surface area contributed by atoms with E-state index >= 15 is 0 Å². The predicted octanol–water partition coefficient (Wildman–Crippen LogP) is 3.99. The van der Waals surface area contributed by atoms with Gasteiger partial charge in [0.05, 0.1) is 18.2 Å². The maximum absolute atomic E-state index is 13.4. The van der Waals surface area contributed by atoms with E-state index in [0.29, 0.717) is 22.5 Å². The molecule has 1 aliphatic heterocycles. The fourth-order valence-corrected chi connectivity index (χ4v) is 2.78. The molecule has 1 aromatic carbocycles. The Morgan fingerprint density at radius 2 is 2.20 bits per heavy atom. The van der Waals surface area contributed by atoms with Gasteiger partial charge in [-0.3, -0.25) is 0 Å². The van der Waals surface area contributed by atoms with E-state index in [-0.39, 0.29) is 19.4 Å². The number of hydrogen-bond acceptors (Lipinski definition) is 3. The number of nitriles is 1. The summed E-state index contributed by atoms with van der Waals surface area (Å²) in [5, 5.41) is 16.7. The molecule has 1 saturated carbocycles. The predicted molar refractivity (Wildman–Crippen MR) is 89.4 cm³/mol. The number of halogens is 3. The number of amidine groups is 1. The first-order valence-electron chi connectivity index (χ1n) is 7.69. The number of benzene rings is 1. The van der Waals surface area contributed by atoms with Crippen molar-refractivity contribution in [2.75, 3.05) is 6.54 Å². The SMILES string of the molecule is C=N/N=C(/CC1CC1(F)F)N1C=CC(c2cccc(F)c2)=C(C#N)C1. The molecule has 3 rings (SSSR count). The molecule has 4 nitrogen and oxygen atoms in total. The number of rotatable bonds is 4. The first-order valence-corrected chi connectivity index (χ1v) is 7.69. The van der Waals surface area contributed by atoms with Gasteiger partial charge in [0.15, 0.2) is 0 Å². The molecule has 0 bridgehead atoms. The Kier molecular flexibility index (Phi) is 4.45. The number of allylic oxidation sites excluding steroid dienone is 2. The maximum Gasteiger partial charge on any atom is 0.252 e. The van der Waals surface area contributed by atoms with Crippen LogP contribution in [0, 0.1) is 23.1 Å². The zero-order valence-electron chi connectivity index (χ0n) is 13.3. The second kappa shape index (κ2) is 6.55. The van der Waals surface area contributed by atoms with Gasteiger partial charge in [0.25, 0.3) is 5.92 Å². The summed E-state index contributed by atoms with van der Waals surface area (Å²) in [7, 11) is 0. The van der Waals surface area contributed by atoms with Gasteiger partial charge in [0.1, 0.15) is 11.7 Å². The Balaban J connectivity index is 1.83. The van der Waals surface area contributed by atoms with Crippen molar-refractivity contribution in [2.24, 2.45) is 16.1 Å². The smallest absolute Gasteiger partial charge is 0.252 e. The van der Waals surface area contributed by atoms with Crippen LogP contribution in [0.3, 0.4) is 0 Å². The lowest BCUT2D eigenvalue weighted by Crippen LogP contribution is -2.30. The highest BCUT2D eigenvalue weighted by Crippen LogP contribution is 2.51. The van der Waals surface area contributed by atoms with Gasteiger partial charge < -0.3 is 4.90 Å². The van der Waals surface area contributed by atoms with Crippen LogP contribution < -0.4 is 0 Å². The Morgan fingerprint density at radius 3 is 2.80 bits per heavy atom. The molecule has 25 heavy (non-hydrogen) atoms. The number of nitrogens with zero attached hydrogens (tertiary/aromatic N) is 4. The van der Waals surface area contributed by atoms with Gasteiger partial charge in [-0.2, -0.15) is 10.4 Å². The molecule has 1 unspecified atom stereocenters. The molecule has 128 valence electrons. The van der Waals surface area contributed by atoms with E-state index in [1.807, 2.05) is 0 Å². The molecule has 0 aromatic heterocycles. The molecule has 0 spiro atoms. The van der Waals surface area contributed by atoms with Crippen LogP contribution in [-0.2, 0) is 0 Å². The highest BCUT2D eigenvalue weighted by molar-refractivity contribution is 5.88. The summed E-state index contributed by atoms with van der Waals surface area (Å²) in [4.78, 5) is 1.60. The number of hydrogen-bond donors (Lipinski definition) is 0. The molecule has 1 aliphatic carbocycles. The Bertz CT molecular complexity index is 833. The van der Waals surface area contributed by atoms with Gasteiger partial charge in [-0.25, -0.2) is 13.2 Å². The first-order chi connectivity index (χ1) is 11.9. The monoisotopic (exact) mass is 344 g/mol. The average molecular weight is 344 g/mol. The van der Waals surface area contributed by atoms with Gasteiger partial charge in [0, 0.05) is 31.7 Å². The zero-order chi connectivity index (χ0) is 18.0. The third-order valence-corrected chi connectivity index (χ3v) is 4.25. The van der Waals surface area contributed by atoms with Crippen LogP contribution in [-0.4, -0.2) is 29.9 Å². The Morgan fingerprint density at radius 1 is 1.44 bits per heavy atom. The van der Waals surface area contributed by atoms with E-state index in [2.05, 4.69) is 23.0 Å². The van der Waals surface area contributed by atoms with Crippen LogP contribution in [0.4, 0.5) is 13.2 Å². The summed E-state index contributed by atoms with van der Waals surface area (Å²) in [5.41, 5.74) is 1.58. The third-order valence-electron chi connectivity index (χ3n) is 4.25. The summed E-state index contributed by atoms with van der Waals surface area (Å²) in [5.74, 6) is -3.49. The molecule has 7 heteroatoms. The van der Waals surface area contributed by atoms with Crippen molar-refractivity contribution in [1.82, 2.24) is 4.90 Å². The summed E-state index contributed by atoms with van der Waals surface area (Å²) in [6.45, 7) is 3.43. The normalized spacial score (nSPS) is 21.9. The molecule has 1 atom stereocenters. The van der Waals surface area contributed by atoms with Gasteiger partial charge >= 0.3 is 0 Å². The Labute approximate surface area is 143 Å². The van der Waals surface area contributed by atoms with Crippen molar-refractivity contribution in [3.05, 3.63) is 53.5 Å². The van der Waals surface area contributed by atoms with Crippen LogP contribution >= 0.6 is 0 Å². The van der Waals surface area contributed by atoms with Crippen molar-refractivity contribution in [1.29, 1.82) is 5.26 Å². The average Bonchev–Trinajstić information content (AvgIpc) is 3.20. The van der Waals surface area contributed by atoms with Crippen LogP contribution in [0.25, 0.3) is 5.57 Å². The fourth-order valence-electron chi connectivity index (χ4n) is 2.78. The molecule has 0 N–H and O–H groups in total. The van der Waals surface area contributed by atoms with Crippen LogP contribution in [0.2, 0.25) is 0 Å². The minimum atomic E-state index is -2.66. The third kappa shape index (κ3) is 3.63. The van der Waals surface area contributed by atoms with Crippen molar-refractivity contribution >= 4 is 18.1 Å².